The fourth-order valence-corrected chi connectivity index (χ4v) is 3.01. The largest absolute Gasteiger partial charge is 0.363 e. The first kappa shape index (κ1) is 15.9. The molecular weight excluding hydrogens is 359 g/mol. The topological polar surface area (TPSA) is 60.0 Å². The normalized spacial score (nSPS) is 11.2. The molecule has 0 aliphatic heterocycles. The second-order valence-electron chi connectivity index (χ2n) is 5.57. The highest BCUT2D eigenvalue weighted by Crippen LogP contribution is 2.25. The summed E-state index contributed by atoms with van der Waals surface area (Å²) in [5.74, 6) is 1.40. The molecule has 4 aromatic rings. The van der Waals surface area contributed by atoms with E-state index in [1.165, 1.54) is 0 Å². The Kier molecular flexibility index (Phi) is 4.07. The third-order valence-corrected chi connectivity index (χ3v) is 4.80. The third kappa shape index (κ3) is 2.94. The zero-order chi connectivity index (χ0) is 17.4. The van der Waals surface area contributed by atoms with Crippen molar-refractivity contribution in [3.05, 3.63) is 64.4 Å². The quantitative estimate of drug-likeness (QED) is 0.586. The van der Waals surface area contributed by atoms with E-state index in [4.69, 9.17) is 23.2 Å². The van der Waals surface area contributed by atoms with Crippen molar-refractivity contribution in [2.75, 3.05) is 5.32 Å². The van der Waals surface area contributed by atoms with Crippen molar-refractivity contribution in [3.63, 3.8) is 0 Å². The van der Waals surface area contributed by atoms with Crippen LogP contribution < -0.4 is 5.32 Å². The molecule has 1 aromatic carbocycles. The fourth-order valence-electron chi connectivity index (χ4n) is 2.59. The summed E-state index contributed by atoms with van der Waals surface area (Å²) in [5.41, 5.74) is 2.61. The number of aromatic nitrogens is 5. The summed E-state index contributed by atoms with van der Waals surface area (Å²) >= 11 is 12.2. The summed E-state index contributed by atoms with van der Waals surface area (Å²) < 4.78 is 3.56. The summed E-state index contributed by atoms with van der Waals surface area (Å²) in [6.45, 7) is 0.546. The number of anilines is 1. The predicted octanol–water partition coefficient (Wildman–Crippen LogP) is 4.05. The monoisotopic (exact) mass is 372 g/mol. The van der Waals surface area contributed by atoms with Gasteiger partial charge >= 0.3 is 0 Å². The molecule has 0 radical (unpaired) electrons. The van der Waals surface area contributed by atoms with Gasteiger partial charge < -0.3 is 9.88 Å². The van der Waals surface area contributed by atoms with Crippen molar-refractivity contribution in [1.82, 2.24) is 24.4 Å². The van der Waals surface area contributed by atoms with Crippen LogP contribution in [0.4, 0.5) is 5.82 Å². The van der Waals surface area contributed by atoms with Gasteiger partial charge in [0.05, 0.1) is 11.6 Å². The molecule has 4 rings (SSSR count). The van der Waals surface area contributed by atoms with Gasteiger partial charge in [-0.2, -0.15) is 4.52 Å². The van der Waals surface area contributed by atoms with Crippen molar-refractivity contribution >= 4 is 34.7 Å². The van der Waals surface area contributed by atoms with Gasteiger partial charge in [-0.05, 0) is 18.2 Å². The van der Waals surface area contributed by atoms with E-state index in [-0.39, 0.29) is 0 Å². The van der Waals surface area contributed by atoms with Crippen molar-refractivity contribution < 1.29 is 0 Å². The maximum absolute atomic E-state index is 6.10. The lowest BCUT2D eigenvalue weighted by molar-refractivity contribution is 0.835. The molecule has 0 bridgehead atoms. The van der Waals surface area contributed by atoms with Gasteiger partial charge in [-0.1, -0.05) is 53.5 Å². The molecule has 0 spiro atoms. The first-order chi connectivity index (χ1) is 12.1. The summed E-state index contributed by atoms with van der Waals surface area (Å²) in [6, 6.07) is 15.4. The van der Waals surface area contributed by atoms with E-state index < -0.39 is 0 Å². The summed E-state index contributed by atoms with van der Waals surface area (Å²) in [6.07, 6.45) is 0. The molecule has 25 heavy (non-hydrogen) atoms. The summed E-state index contributed by atoms with van der Waals surface area (Å²) in [4.78, 5) is 0. The Bertz CT molecular complexity index is 1040. The first-order valence-corrected chi connectivity index (χ1v) is 8.40. The number of fused-ring (bicyclic) bond motifs is 1. The average Bonchev–Trinajstić information content (AvgIpc) is 3.17. The lowest BCUT2D eigenvalue weighted by Gasteiger charge is -2.08. The van der Waals surface area contributed by atoms with E-state index in [2.05, 4.69) is 20.6 Å². The van der Waals surface area contributed by atoms with Crippen molar-refractivity contribution in [3.8, 4) is 11.4 Å². The van der Waals surface area contributed by atoms with E-state index in [9.17, 15) is 0 Å². The molecule has 126 valence electrons. The SMILES string of the molecule is Cn1c(CNc2ccc3nnc(-c4ccccc4)n3n2)cc(Cl)c1Cl. The number of halogens is 2. The molecule has 3 aromatic heterocycles. The lowest BCUT2D eigenvalue weighted by Crippen LogP contribution is -2.07. The van der Waals surface area contributed by atoms with Crippen LogP contribution in [-0.4, -0.2) is 24.4 Å². The smallest absolute Gasteiger partial charge is 0.185 e. The lowest BCUT2D eigenvalue weighted by atomic mass is 10.2. The van der Waals surface area contributed by atoms with Gasteiger partial charge in [-0.25, -0.2) is 0 Å². The molecule has 0 aliphatic rings. The summed E-state index contributed by atoms with van der Waals surface area (Å²) in [5, 5.41) is 17.3. The van der Waals surface area contributed by atoms with Crippen LogP contribution >= 0.6 is 23.2 Å². The molecule has 0 atom stereocenters. The Balaban J connectivity index is 1.63. The zero-order valence-corrected chi connectivity index (χ0v) is 14.8. The number of nitrogens with one attached hydrogen (secondary N) is 1. The summed E-state index contributed by atoms with van der Waals surface area (Å²) in [7, 11) is 1.87. The van der Waals surface area contributed by atoms with Gasteiger partial charge in [-0.15, -0.1) is 15.3 Å². The minimum absolute atomic E-state index is 0.520. The van der Waals surface area contributed by atoms with E-state index in [1.54, 1.807) is 4.52 Å². The molecule has 0 amide bonds. The Morgan fingerprint density at radius 1 is 1.04 bits per heavy atom. The van der Waals surface area contributed by atoms with Crippen LogP contribution in [0.1, 0.15) is 5.69 Å². The highest BCUT2D eigenvalue weighted by atomic mass is 35.5. The Labute approximate surface area is 154 Å². The van der Waals surface area contributed by atoms with Gasteiger partial charge in [0, 0.05) is 18.3 Å². The standard InChI is InChI=1S/C17H14Cl2N6/c1-24-12(9-13(18)16(24)19)10-20-14-7-8-15-21-22-17(25(15)23-14)11-5-3-2-4-6-11/h2-9H,10H2,1H3,(H,20,23). The second-order valence-corrected chi connectivity index (χ2v) is 6.33. The van der Waals surface area contributed by atoms with Gasteiger partial charge in [0.15, 0.2) is 11.5 Å². The number of hydrogen-bond acceptors (Lipinski definition) is 4. The van der Waals surface area contributed by atoms with Gasteiger partial charge in [-0.3, -0.25) is 0 Å². The van der Waals surface area contributed by atoms with Crippen molar-refractivity contribution in [1.29, 1.82) is 0 Å². The highest BCUT2D eigenvalue weighted by Gasteiger charge is 2.11. The minimum Gasteiger partial charge on any atom is -0.363 e. The molecule has 8 heteroatoms. The molecule has 0 unspecified atom stereocenters. The molecule has 3 heterocycles. The fraction of sp³-hybridized carbons (Fsp3) is 0.118. The number of rotatable bonds is 4. The van der Waals surface area contributed by atoms with E-state index in [0.29, 0.717) is 34.0 Å². The molecule has 0 saturated heterocycles. The number of benzene rings is 1. The third-order valence-electron chi connectivity index (χ3n) is 3.96. The molecule has 6 nitrogen and oxygen atoms in total. The predicted molar refractivity (Wildman–Crippen MR) is 99.0 cm³/mol. The van der Waals surface area contributed by atoms with Crippen LogP contribution in [0, 0.1) is 0 Å². The van der Waals surface area contributed by atoms with Gasteiger partial charge in [0.2, 0.25) is 0 Å². The average molecular weight is 373 g/mol. The van der Waals surface area contributed by atoms with Gasteiger partial charge in [0.1, 0.15) is 11.0 Å². The van der Waals surface area contributed by atoms with E-state index in [0.717, 1.165) is 11.3 Å². The van der Waals surface area contributed by atoms with Crippen LogP contribution in [-0.2, 0) is 13.6 Å². The maximum Gasteiger partial charge on any atom is 0.185 e. The van der Waals surface area contributed by atoms with Crippen LogP contribution in [0.25, 0.3) is 17.0 Å². The number of hydrogen-bond donors (Lipinski definition) is 1. The zero-order valence-electron chi connectivity index (χ0n) is 13.3. The number of nitrogens with zero attached hydrogens (tertiary/aromatic N) is 5. The van der Waals surface area contributed by atoms with Crippen molar-refractivity contribution in [2.24, 2.45) is 7.05 Å². The Hall–Kier alpha value is -2.57. The molecule has 0 saturated carbocycles. The molecule has 1 N–H and O–H groups in total. The Morgan fingerprint density at radius 2 is 1.84 bits per heavy atom. The molecule has 0 aliphatic carbocycles. The van der Waals surface area contributed by atoms with Crippen LogP contribution in [0.2, 0.25) is 10.2 Å². The van der Waals surface area contributed by atoms with E-state index in [1.807, 2.05) is 60.1 Å². The van der Waals surface area contributed by atoms with E-state index >= 15 is 0 Å². The van der Waals surface area contributed by atoms with Crippen molar-refractivity contribution in [2.45, 2.75) is 6.54 Å². The maximum atomic E-state index is 6.10. The minimum atomic E-state index is 0.520. The highest BCUT2D eigenvalue weighted by molar-refractivity contribution is 6.41. The Morgan fingerprint density at radius 3 is 2.56 bits per heavy atom. The second kappa shape index (κ2) is 6.38. The van der Waals surface area contributed by atoms with Crippen LogP contribution in [0.5, 0.6) is 0 Å². The van der Waals surface area contributed by atoms with Crippen LogP contribution in [0.15, 0.2) is 48.5 Å². The molecular formula is C17H14Cl2N6. The van der Waals surface area contributed by atoms with Gasteiger partial charge in [0.25, 0.3) is 0 Å². The first-order valence-electron chi connectivity index (χ1n) is 7.65. The van der Waals surface area contributed by atoms with Crippen LogP contribution in [0.3, 0.4) is 0 Å². The molecule has 0 fully saturated rings.